The van der Waals surface area contributed by atoms with Crippen LogP contribution in [-0.4, -0.2) is 12.9 Å². The highest BCUT2D eigenvalue weighted by atomic mass is 32.2. The summed E-state index contributed by atoms with van der Waals surface area (Å²) in [6, 6.07) is 28.3. The van der Waals surface area contributed by atoms with Gasteiger partial charge >= 0.3 is 0 Å². The molecule has 3 unspecified atom stereocenters. The normalized spacial score (nSPS) is 27.5. The molecule has 0 aromatic heterocycles. The third-order valence-corrected chi connectivity index (χ3v) is 10.9. The van der Waals surface area contributed by atoms with Gasteiger partial charge in [0.15, 0.2) is 21.5 Å². The Labute approximate surface area is 213 Å². The van der Waals surface area contributed by atoms with Gasteiger partial charge in [-0.1, -0.05) is 49.2 Å². The van der Waals surface area contributed by atoms with Crippen molar-refractivity contribution in [2.24, 2.45) is 23.7 Å². The molecule has 4 aliphatic rings. The maximum atomic E-state index is 6.44. The smallest absolute Gasteiger partial charge is 0.189 e. The van der Waals surface area contributed by atoms with E-state index in [4.69, 9.17) is 9.47 Å². The van der Waals surface area contributed by atoms with Crippen molar-refractivity contribution < 1.29 is 9.47 Å². The number of hydrogen-bond donors (Lipinski definition) is 0. The fourth-order valence-corrected chi connectivity index (χ4v) is 9.20. The molecular formula is C32H37O2S+. The van der Waals surface area contributed by atoms with E-state index in [2.05, 4.69) is 85.8 Å². The Morgan fingerprint density at radius 2 is 1.34 bits per heavy atom. The molecule has 4 aliphatic carbocycles. The Morgan fingerprint density at radius 3 is 1.94 bits per heavy atom. The lowest BCUT2D eigenvalue weighted by Gasteiger charge is -2.25. The van der Waals surface area contributed by atoms with Crippen molar-refractivity contribution in [2.75, 3.05) is 6.79 Å². The third-order valence-electron chi connectivity index (χ3n) is 8.51. The minimum Gasteiger partial charge on any atom is -0.468 e. The SMILES string of the molecule is Cc1cc(OCOC2CC3CC4CCC(C3)CC2C4)ccc1[S+](c1ccccc1)c1ccccc1. The Balaban J connectivity index is 1.15. The molecule has 3 aromatic carbocycles. The topological polar surface area (TPSA) is 18.5 Å². The number of hydrogen-bond acceptors (Lipinski definition) is 2. The number of aryl methyl sites for hydroxylation is 1. The number of benzene rings is 3. The molecule has 0 saturated heterocycles. The molecular weight excluding hydrogens is 448 g/mol. The lowest BCUT2D eigenvalue weighted by Crippen LogP contribution is -2.25. The van der Waals surface area contributed by atoms with Gasteiger partial charge in [-0.3, -0.25) is 0 Å². The Bertz CT molecular complexity index is 1060. The molecule has 3 atom stereocenters. The predicted octanol–water partition coefficient (Wildman–Crippen LogP) is 8.05. The van der Waals surface area contributed by atoms with Crippen molar-refractivity contribution in [3.05, 3.63) is 84.4 Å². The van der Waals surface area contributed by atoms with Crippen molar-refractivity contribution in [3.63, 3.8) is 0 Å². The van der Waals surface area contributed by atoms with Gasteiger partial charge in [0.05, 0.1) is 17.0 Å². The standard InChI is InChI=1S/C32H37O2S/c1-23-16-28(33-22-34-31-21-26-17-24-12-13-25(18-26)20-27(31)19-24)14-15-32(23)35(29-8-4-2-5-9-29)30-10-6-3-7-11-30/h2-11,14-16,24-27,31H,12-13,17-22H2,1H3/q+1. The van der Waals surface area contributed by atoms with Gasteiger partial charge in [-0.05, 0) is 105 Å². The summed E-state index contributed by atoms with van der Waals surface area (Å²) in [6.07, 6.45) is 10.2. The molecule has 4 fully saturated rings. The zero-order valence-corrected chi connectivity index (χ0v) is 21.6. The Hall–Kier alpha value is -2.23. The van der Waals surface area contributed by atoms with E-state index in [9.17, 15) is 0 Å². The fourth-order valence-electron chi connectivity index (χ4n) is 6.98. The summed E-state index contributed by atoms with van der Waals surface area (Å²) >= 11 is 0. The molecule has 4 bridgehead atoms. The minimum absolute atomic E-state index is 0.137. The number of fused-ring (bicyclic) bond motifs is 2. The van der Waals surface area contributed by atoms with E-state index >= 15 is 0 Å². The molecule has 0 amide bonds. The Kier molecular flexibility index (Phi) is 6.89. The summed E-state index contributed by atoms with van der Waals surface area (Å²) in [5.74, 6) is 4.43. The van der Waals surface area contributed by atoms with Crippen molar-refractivity contribution >= 4 is 10.9 Å². The van der Waals surface area contributed by atoms with Gasteiger partial charge in [0.25, 0.3) is 0 Å². The third kappa shape index (κ3) is 5.17. The molecule has 35 heavy (non-hydrogen) atoms. The van der Waals surface area contributed by atoms with E-state index in [0.29, 0.717) is 12.9 Å². The fraction of sp³-hybridized carbons (Fsp3) is 0.438. The van der Waals surface area contributed by atoms with Crippen LogP contribution in [0.4, 0.5) is 0 Å². The summed E-state index contributed by atoms with van der Waals surface area (Å²) in [4.78, 5) is 4.03. The highest BCUT2D eigenvalue weighted by Gasteiger charge is 2.41. The average molecular weight is 486 g/mol. The van der Waals surface area contributed by atoms with Gasteiger partial charge in [0.1, 0.15) is 5.75 Å². The second-order valence-electron chi connectivity index (χ2n) is 10.9. The molecule has 4 saturated carbocycles. The summed E-state index contributed by atoms with van der Waals surface area (Å²) in [5.41, 5.74) is 1.26. The van der Waals surface area contributed by atoms with Crippen LogP contribution in [-0.2, 0) is 15.6 Å². The van der Waals surface area contributed by atoms with Crippen LogP contribution in [0.15, 0.2) is 93.5 Å². The molecule has 182 valence electrons. The molecule has 0 aliphatic heterocycles. The van der Waals surface area contributed by atoms with E-state index in [1.807, 2.05) is 0 Å². The van der Waals surface area contributed by atoms with E-state index < -0.39 is 0 Å². The molecule has 7 rings (SSSR count). The second-order valence-corrected chi connectivity index (χ2v) is 12.9. The first kappa shape index (κ1) is 23.2. The van der Waals surface area contributed by atoms with E-state index in [1.54, 1.807) is 0 Å². The number of ether oxygens (including phenoxy) is 2. The van der Waals surface area contributed by atoms with Gasteiger partial charge in [0.2, 0.25) is 0 Å². The summed E-state index contributed by atoms with van der Waals surface area (Å²) in [6.45, 7) is 2.57. The zero-order chi connectivity index (χ0) is 23.6. The van der Waals surface area contributed by atoms with Crippen molar-refractivity contribution in [2.45, 2.75) is 72.7 Å². The molecule has 0 N–H and O–H groups in total. The predicted molar refractivity (Wildman–Crippen MR) is 143 cm³/mol. The zero-order valence-electron chi connectivity index (χ0n) is 20.8. The first-order valence-electron chi connectivity index (χ1n) is 13.4. The van der Waals surface area contributed by atoms with Crippen molar-refractivity contribution in [3.8, 4) is 5.75 Å². The molecule has 3 heteroatoms. The van der Waals surface area contributed by atoms with Crippen LogP contribution in [0, 0.1) is 30.6 Å². The lowest BCUT2D eigenvalue weighted by molar-refractivity contribution is -0.0663. The van der Waals surface area contributed by atoms with E-state index in [-0.39, 0.29) is 10.9 Å². The molecule has 0 heterocycles. The largest absolute Gasteiger partial charge is 0.468 e. The maximum Gasteiger partial charge on any atom is 0.189 e. The van der Waals surface area contributed by atoms with Crippen LogP contribution in [0.2, 0.25) is 0 Å². The number of rotatable bonds is 7. The summed E-state index contributed by atoms with van der Waals surface area (Å²) in [5, 5.41) is 0. The van der Waals surface area contributed by atoms with Gasteiger partial charge < -0.3 is 9.47 Å². The summed E-state index contributed by atoms with van der Waals surface area (Å²) < 4.78 is 12.6. The lowest BCUT2D eigenvalue weighted by atomic mass is 9.84. The van der Waals surface area contributed by atoms with Crippen molar-refractivity contribution in [1.82, 2.24) is 0 Å². The quantitative estimate of drug-likeness (QED) is 0.249. The highest BCUT2D eigenvalue weighted by Crippen LogP contribution is 2.49. The maximum absolute atomic E-state index is 6.44. The molecule has 3 aromatic rings. The first-order chi connectivity index (χ1) is 17.2. The van der Waals surface area contributed by atoms with Gasteiger partial charge in [0, 0.05) is 5.56 Å². The summed E-state index contributed by atoms with van der Waals surface area (Å²) in [7, 11) is -0.137. The van der Waals surface area contributed by atoms with Crippen LogP contribution < -0.4 is 4.74 Å². The van der Waals surface area contributed by atoms with Crippen molar-refractivity contribution in [1.29, 1.82) is 0 Å². The van der Waals surface area contributed by atoms with Gasteiger partial charge in [-0.15, -0.1) is 0 Å². The second kappa shape index (κ2) is 10.4. The monoisotopic (exact) mass is 485 g/mol. The minimum atomic E-state index is -0.137. The van der Waals surface area contributed by atoms with Crippen LogP contribution >= 0.6 is 0 Å². The average Bonchev–Trinajstić information content (AvgIpc) is 3.33. The highest BCUT2D eigenvalue weighted by molar-refractivity contribution is 7.97. The van der Waals surface area contributed by atoms with Crippen LogP contribution in [0.1, 0.15) is 50.5 Å². The van der Waals surface area contributed by atoms with Crippen LogP contribution in [0.5, 0.6) is 5.75 Å². The molecule has 0 spiro atoms. The Morgan fingerprint density at radius 1 is 0.714 bits per heavy atom. The van der Waals surface area contributed by atoms with E-state index in [0.717, 1.165) is 29.4 Å². The first-order valence-corrected chi connectivity index (χ1v) is 14.6. The molecule has 0 radical (unpaired) electrons. The van der Waals surface area contributed by atoms with Gasteiger partial charge in [-0.25, -0.2) is 0 Å². The van der Waals surface area contributed by atoms with E-state index in [1.165, 1.54) is 65.2 Å². The van der Waals surface area contributed by atoms with Crippen LogP contribution in [0.25, 0.3) is 0 Å². The van der Waals surface area contributed by atoms with Gasteiger partial charge in [-0.2, -0.15) is 0 Å². The molecule has 2 nitrogen and oxygen atoms in total. The van der Waals surface area contributed by atoms with Crippen LogP contribution in [0.3, 0.4) is 0 Å².